The summed E-state index contributed by atoms with van der Waals surface area (Å²) in [6.07, 6.45) is 4.88. The van der Waals surface area contributed by atoms with Crippen molar-refractivity contribution >= 4 is 17.3 Å². The van der Waals surface area contributed by atoms with Crippen molar-refractivity contribution < 1.29 is 9.21 Å². The van der Waals surface area contributed by atoms with Crippen LogP contribution in [-0.4, -0.2) is 61.0 Å². The first-order valence-corrected chi connectivity index (χ1v) is 12.1. The summed E-state index contributed by atoms with van der Waals surface area (Å²) in [7, 11) is 4.12. The van der Waals surface area contributed by atoms with Crippen molar-refractivity contribution in [3.05, 3.63) is 77.0 Å². The second-order valence-electron chi connectivity index (χ2n) is 9.53. The molecule has 7 heteroatoms. The van der Waals surface area contributed by atoms with Gasteiger partial charge in [-0.1, -0.05) is 18.2 Å². The Morgan fingerprint density at radius 2 is 1.68 bits per heavy atom. The number of anilines is 2. The van der Waals surface area contributed by atoms with Crippen molar-refractivity contribution in [3.8, 4) is 0 Å². The van der Waals surface area contributed by atoms with Crippen molar-refractivity contribution in [2.24, 2.45) is 0 Å². The number of aryl methyl sites for hydroxylation is 2. The molecule has 0 atom stereocenters. The molecule has 2 heterocycles. The number of aromatic nitrogens is 1. The van der Waals surface area contributed by atoms with Gasteiger partial charge in [-0.25, -0.2) is 4.98 Å². The molecule has 1 amide bonds. The van der Waals surface area contributed by atoms with Crippen molar-refractivity contribution in [1.29, 1.82) is 0 Å². The van der Waals surface area contributed by atoms with E-state index < -0.39 is 0 Å². The van der Waals surface area contributed by atoms with Gasteiger partial charge in [0.1, 0.15) is 6.26 Å². The van der Waals surface area contributed by atoms with Crippen molar-refractivity contribution in [2.75, 3.05) is 50.5 Å². The van der Waals surface area contributed by atoms with Crippen LogP contribution in [0.4, 0.5) is 11.4 Å². The second-order valence-corrected chi connectivity index (χ2v) is 9.53. The fraction of sp³-hybridized carbons (Fsp3) is 0.407. The predicted octanol–water partition coefficient (Wildman–Crippen LogP) is 3.80. The van der Waals surface area contributed by atoms with E-state index >= 15 is 0 Å². The van der Waals surface area contributed by atoms with Crippen LogP contribution in [0.1, 0.15) is 39.5 Å². The maximum absolute atomic E-state index is 12.6. The van der Waals surface area contributed by atoms with Gasteiger partial charge >= 0.3 is 0 Å². The molecule has 1 aliphatic carbocycles. The molecule has 0 saturated carbocycles. The van der Waals surface area contributed by atoms with Crippen LogP contribution in [0.15, 0.2) is 53.1 Å². The first-order chi connectivity index (χ1) is 16.5. The fourth-order valence-electron chi connectivity index (χ4n) is 4.79. The molecule has 2 aliphatic rings. The smallest absolute Gasteiger partial charge is 0.277 e. The minimum Gasteiger partial charge on any atom is -0.447 e. The van der Waals surface area contributed by atoms with Crippen LogP contribution < -0.4 is 10.2 Å². The number of hydrogen-bond donors (Lipinski definition) is 1. The van der Waals surface area contributed by atoms with E-state index in [2.05, 4.69) is 75.5 Å². The molecule has 0 unspecified atom stereocenters. The van der Waals surface area contributed by atoms with Crippen LogP contribution in [0, 0.1) is 0 Å². The lowest BCUT2D eigenvalue weighted by Gasteiger charge is -2.34. The van der Waals surface area contributed by atoms with E-state index in [4.69, 9.17) is 4.42 Å². The van der Waals surface area contributed by atoms with Crippen LogP contribution in [0.3, 0.4) is 0 Å². The van der Waals surface area contributed by atoms with Gasteiger partial charge in [0.2, 0.25) is 5.89 Å². The van der Waals surface area contributed by atoms with E-state index in [1.54, 1.807) is 0 Å². The van der Waals surface area contributed by atoms with E-state index in [-0.39, 0.29) is 5.91 Å². The van der Waals surface area contributed by atoms with E-state index in [1.165, 1.54) is 35.1 Å². The summed E-state index contributed by atoms with van der Waals surface area (Å²) in [6, 6.07) is 14.9. The van der Waals surface area contributed by atoms with Gasteiger partial charge in [-0.3, -0.25) is 14.6 Å². The molecule has 2 aromatic carbocycles. The monoisotopic (exact) mass is 459 g/mol. The molecule has 1 aromatic heterocycles. The third kappa shape index (κ3) is 5.32. The summed E-state index contributed by atoms with van der Waals surface area (Å²) >= 11 is 0. The Morgan fingerprint density at radius 1 is 0.971 bits per heavy atom. The standard InChI is InChI=1S/C27H33N5O2/c1-30(2)24-10-6-20(7-11-24)17-31-12-14-32(15-13-31)18-26-29-25(19-34-26)27(33)28-23-9-8-21-4-3-5-22(21)16-23/h6-11,16,19H,3-5,12-15,17-18H2,1-2H3,(H,28,33). The van der Waals surface area contributed by atoms with Crippen LogP contribution >= 0.6 is 0 Å². The maximum Gasteiger partial charge on any atom is 0.277 e. The number of rotatable bonds is 7. The number of benzene rings is 2. The summed E-state index contributed by atoms with van der Waals surface area (Å²) in [5.74, 6) is 0.366. The summed E-state index contributed by atoms with van der Waals surface area (Å²) < 4.78 is 5.62. The minimum absolute atomic E-state index is 0.224. The normalized spacial score (nSPS) is 16.4. The molecule has 3 aromatic rings. The lowest BCUT2D eigenvalue weighted by molar-refractivity contribution is 0.102. The molecule has 178 valence electrons. The second kappa shape index (κ2) is 9.99. The van der Waals surface area contributed by atoms with Gasteiger partial charge in [0, 0.05) is 58.2 Å². The van der Waals surface area contributed by atoms with Crippen molar-refractivity contribution in [3.63, 3.8) is 0 Å². The predicted molar refractivity (Wildman–Crippen MR) is 134 cm³/mol. The Bertz CT molecular complexity index is 1130. The highest BCUT2D eigenvalue weighted by molar-refractivity contribution is 6.02. The first kappa shape index (κ1) is 22.6. The topological polar surface area (TPSA) is 64.8 Å². The lowest BCUT2D eigenvalue weighted by Crippen LogP contribution is -2.45. The van der Waals surface area contributed by atoms with Gasteiger partial charge in [-0.2, -0.15) is 0 Å². The number of carbonyl (C=O) groups is 1. The number of carbonyl (C=O) groups excluding carboxylic acids is 1. The number of fused-ring (bicyclic) bond motifs is 1. The number of nitrogens with one attached hydrogen (secondary N) is 1. The van der Waals surface area contributed by atoms with Gasteiger partial charge in [0.05, 0.1) is 6.54 Å². The van der Waals surface area contributed by atoms with E-state index in [9.17, 15) is 4.79 Å². The summed E-state index contributed by atoms with van der Waals surface area (Å²) in [4.78, 5) is 24.0. The van der Waals surface area contributed by atoms with Crippen LogP contribution in [0.5, 0.6) is 0 Å². The highest BCUT2D eigenvalue weighted by atomic mass is 16.3. The molecule has 1 N–H and O–H groups in total. The molecule has 0 bridgehead atoms. The van der Waals surface area contributed by atoms with Gasteiger partial charge in [-0.15, -0.1) is 0 Å². The van der Waals surface area contributed by atoms with Crippen molar-refractivity contribution in [1.82, 2.24) is 14.8 Å². The fourth-order valence-corrected chi connectivity index (χ4v) is 4.79. The molecule has 0 spiro atoms. The molecule has 1 aliphatic heterocycles. The lowest BCUT2D eigenvalue weighted by atomic mass is 10.1. The zero-order valence-corrected chi connectivity index (χ0v) is 20.1. The maximum atomic E-state index is 12.6. The molecule has 1 fully saturated rings. The summed E-state index contributed by atoms with van der Waals surface area (Å²) in [6.45, 7) is 5.50. The molecule has 0 radical (unpaired) electrons. The Labute approximate surface area is 201 Å². The number of hydrogen-bond acceptors (Lipinski definition) is 6. The Hall–Kier alpha value is -3.16. The Morgan fingerprint density at radius 3 is 2.41 bits per heavy atom. The van der Waals surface area contributed by atoms with Gasteiger partial charge < -0.3 is 14.6 Å². The highest BCUT2D eigenvalue weighted by Crippen LogP contribution is 2.25. The van der Waals surface area contributed by atoms with Gasteiger partial charge in [-0.05, 0) is 60.2 Å². The van der Waals surface area contributed by atoms with Gasteiger partial charge in [0.25, 0.3) is 5.91 Å². The Balaban J connectivity index is 1.09. The van der Waals surface area contributed by atoms with E-state index in [1.807, 2.05) is 6.07 Å². The Kier molecular flexibility index (Phi) is 6.65. The molecule has 7 nitrogen and oxygen atoms in total. The number of oxazole rings is 1. The van der Waals surface area contributed by atoms with Crippen LogP contribution in [0.2, 0.25) is 0 Å². The SMILES string of the molecule is CN(C)c1ccc(CN2CCN(Cc3nc(C(=O)Nc4ccc5c(c4)CCC5)co3)CC2)cc1. The van der Waals surface area contributed by atoms with E-state index in [0.29, 0.717) is 18.1 Å². The average molecular weight is 460 g/mol. The largest absolute Gasteiger partial charge is 0.447 e. The molecule has 34 heavy (non-hydrogen) atoms. The molecular weight excluding hydrogens is 426 g/mol. The molecule has 5 rings (SSSR count). The number of piperazine rings is 1. The minimum atomic E-state index is -0.224. The highest BCUT2D eigenvalue weighted by Gasteiger charge is 2.20. The third-order valence-electron chi connectivity index (χ3n) is 6.82. The molecular formula is C27H33N5O2. The number of nitrogens with zero attached hydrogens (tertiary/aromatic N) is 4. The third-order valence-corrected chi connectivity index (χ3v) is 6.82. The quantitative estimate of drug-likeness (QED) is 0.580. The van der Waals surface area contributed by atoms with Crippen molar-refractivity contribution in [2.45, 2.75) is 32.4 Å². The zero-order chi connectivity index (χ0) is 23.5. The first-order valence-electron chi connectivity index (χ1n) is 12.1. The number of amides is 1. The summed E-state index contributed by atoms with van der Waals surface area (Å²) in [5.41, 5.74) is 6.44. The molecule has 1 saturated heterocycles. The van der Waals surface area contributed by atoms with Crippen LogP contribution in [-0.2, 0) is 25.9 Å². The average Bonchev–Trinajstić information content (AvgIpc) is 3.50. The van der Waals surface area contributed by atoms with Crippen LogP contribution in [0.25, 0.3) is 0 Å². The van der Waals surface area contributed by atoms with Gasteiger partial charge in [0.15, 0.2) is 5.69 Å². The van der Waals surface area contributed by atoms with E-state index in [0.717, 1.165) is 51.3 Å². The summed E-state index contributed by atoms with van der Waals surface area (Å²) in [5, 5.41) is 2.96. The zero-order valence-electron chi connectivity index (χ0n) is 20.1.